The van der Waals surface area contributed by atoms with E-state index in [0.717, 1.165) is 16.7 Å². The van der Waals surface area contributed by atoms with Crippen LogP contribution in [-0.4, -0.2) is 17.3 Å². The first-order valence-corrected chi connectivity index (χ1v) is 5.83. The van der Waals surface area contributed by atoms with Crippen LogP contribution >= 0.6 is 11.6 Å². The number of hydrogen-bond donors (Lipinski definition) is 1. The average Bonchev–Trinajstić information content (AvgIpc) is 2.83. The van der Waals surface area contributed by atoms with Gasteiger partial charge >= 0.3 is 0 Å². The molecule has 5 nitrogen and oxygen atoms in total. The van der Waals surface area contributed by atoms with E-state index in [4.69, 9.17) is 26.6 Å². The summed E-state index contributed by atoms with van der Waals surface area (Å²) in [5.41, 5.74) is 7.98. The van der Waals surface area contributed by atoms with E-state index < -0.39 is 0 Å². The standard InChI is InChI=1S/C12H14ClN3O2/c1-6-4-8(17-3)10(7(2)11(6)13)12-15-9(5-14)18-16-12/h4H,5,14H2,1-3H3. The van der Waals surface area contributed by atoms with Gasteiger partial charge in [0.15, 0.2) is 0 Å². The molecule has 2 aromatic rings. The van der Waals surface area contributed by atoms with Gasteiger partial charge in [-0.25, -0.2) is 0 Å². The second-order valence-corrected chi connectivity index (χ2v) is 4.30. The first kappa shape index (κ1) is 12.9. The Kier molecular flexibility index (Phi) is 3.54. The first-order chi connectivity index (χ1) is 8.58. The van der Waals surface area contributed by atoms with Gasteiger partial charge in [0, 0.05) is 5.02 Å². The van der Waals surface area contributed by atoms with Crippen LogP contribution in [0.25, 0.3) is 11.4 Å². The summed E-state index contributed by atoms with van der Waals surface area (Å²) in [5.74, 6) is 1.48. The highest BCUT2D eigenvalue weighted by atomic mass is 35.5. The second-order valence-electron chi connectivity index (χ2n) is 3.93. The Morgan fingerprint density at radius 3 is 2.72 bits per heavy atom. The van der Waals surface area contributed by atoms with Crippen LogP contribution in [0, 0.1) is 13.8 Å². The second kappa shape index (κ2) is 4.96. The van der Waals surface area contributed by atoms with E-state index in [-0.39, 0.29) is 6.54 Å². The maximum absolute atomic E-state index is 6.24. The van der Waals surface area contributed by atoms with E-state index in [1.807, 2.05) is 19.9 Å². The summed E-state index contributed by atoms with van der Waals surface area (Å²) in [6, 6.07) is 1.85. The predicted octanol–water partition coefficient (Wildman–Crippen LogP) is 2.47. The molecule has 0 bridgehead atoms. The fraction of sp³-hybridized carbons (Fsp3) is 0.333. The predicted molar refractivity (Wildman–Crippen MR) is 68.7 cm³/mol. The molecule has 0 amide bonds. The minimum Gasteiger partial charge on any atom is -0.496 e. The molecule has 0 unspecified atom stereocenters. The zero-order chi connectivity index (χ0) is 13.3. The lowest BCUT2D eigenvalue weighted by Gasteiger charge is -2.12. The van der Waals surface area contributed by atoms with Crippen molar-refractivity contribution in [3.8, 4) is 17.1 Å². The topological polar surface area (TPSA) is 74.2 Å². The van der Waals surface area contributed by atoms with Crippen molar-refractivity contribution in [3.63, 3.8) is 0 Å². The molecule has 0 aliphatic heterocycles. The lowest BCUT2D eigenvalue weighted by Crippen LogP contribution is -1.98. The maximum Gasteiger partial charge on any atom is 0.240 e. The van der Waals surface area contributed by atoms with Crippen molar-refractivity contribution in [2.45, 2.75) is 20.4 Å². The molecule has 0 saturated carbocycles. The zero-order valence-corrected chi connectivity index (χ0v) is 11.2. The molecule has 6 heteroatoms. The summed E-state index contributed by atoms with van der Waals surface area (Å²) in [7, 11) is 1.59. The molecule has 0 saturated heterocycles. The fourth-order valence-corrected chi connectivity index (χ4v) is 1.95. The molecular weight excluding hydrogens is 254 g/mol. The summed E-state index contributed by atoms with van der Waals surface area (Å²) >= 11 is 6.24. The smallest absolute Gasteiger partial charge is 0.240 e. The molecule has 0 aliphatic carbocycles. The van der Waals surface area contributed by atoms with Crippen LogP contribution in [-0.2, 0) is 6.54 Å². The SMILES string of the molecule is COc1cc(C)c(Cl)c(C)c1-c1noc(CN)n1. The molecule has 0 spiro atoms. The van der Waals surface area contributed by atoms with Crippen molar-refractivity contribution in [2.24, 2.45) is 5.73 Å². The number of benzene rings is 1. The van der Waals surface area contributed by atoms with Crippen LogP contribution in [0.3, 0.4) is 0 Å². The largest absolute Gasteiger partial charge is 0.496 e. The summed E-state index contributed by atoms with van der Waals surface area (Å²) in [6.45, 7) is 4.02. The van der Waals surface area contributed by atoms with Gasteiger partial charge in [-0.05, 0) is 31.0 Å². The summed E-state index contributed by atoms with van der Waals surface area (Å²) in [5, 5.41) is 4.56. The molecule has 0 radical (unpaired) electrons. The maximum atomic E-state index is 6.24. The van der Waals surface area contributed by atoms with E-state index in [0.29, 0.717) is 22.5 Å². The third-order valence-electron chi connectivity index (χ3n) is 2.73. The molecule has 0 fully saturated rings. The molecule has 1 aromatic carbocycles. The highest BCUT2D eigenvalue weighted by Gasteiger charge is 2.19. The third-order valence-corrected chi connectivity index (χ3v) is 3.31. The molecular formula is C12H14ClN3O2. The van der Waals surface area contributed by atoms with Crippen molar-refractivity contribution < 1.29 is 9.26 Å². The van der Waals surface area contributed by atoms with E-state index in [2.05, 4.69) is 10.1 Å². The first-order valence-electron chi connectivity index (χ1n) is 5.45. The Bertz CT molecular complexity index is 581. The van der Waals surface area contributed by atoms with E-state index >= 15 is 0 Å². The van der Waals surface area contributed by atoms with Crippen molar-refractivity contribution in [1.82, 2.24) is 10.1 Å². The minimum atomic E-state index is 0.202. The van der Waals surface area contributed by atoms with Crippen LogP contribution in [0.1, 0.15) is 17.0 Å². The Balaban J connectivity index is 2.65. The Hall–Kier alpha value is -1.59. The van der Waals surface area contributed by atoms with E-state index in [1.54, 1.807) is 7.11 Å². The number of aryl methyl sites for hydroxylation is 1. The van der Waals surface area contributed by atoms with Gasteiger partial charge in [0.2, 0.25) is 11.7 Å². The van der Waals surface area contributed by atoms with E-state index in [1.165, 1.54) is 0 Å². The molecule has 0 aliphatic rings. The molecule has 1 heterocycles. The van der Waals surface area contributed by atoms with Gasteiger partial charge in [-0.2, -0.15) is 4.98 Å². The lowest BCUT2D eigenvalue weighted by molar-refractivity contribution is 0.379. The molecule has 0 atom stereocenters. The Morgan fingerprint density at radius 1 is 1.44 bits per heavy atom. The molecule has 2 rings (SSSR count). The quantitative estimate of drug-likeness (QED) is 0.925. The van der Waals surface area contributed by atoms with Crippen LogP contribution < -0.4 is 10.5 Å². The Morgan fingerprint density at radius 2 is 2.17 bits per heavy atom. The summed E-state index contributed by atoms with van der Waals surface area (Å²) < 4.78 is 10.4. The molecule has 1 aromatic heterocycles. The van der Waals surface area contributed by atoms with Crippen LogP contribution in [0.15, 0.2) is 10.6 Å². The average molecular weight is 268 g/mol. The van der Waals surface area contributed by atoms with Crippen LogP contribution in [0.4, 0.5) is 0 Å². The fourth-order valence-electron chi connectivity index (χ4n) is 1.80. The number of rotatable bonds is 3. The zero-order valence-electron chi connectivity index (χ0n) is 10.5. The van der Waals surface area contributed by atoms with Crippen molar-refractivity contribution >= 4 is 11.6 Å². The highest BCUT2D eigenvalue weighted by Crippen LogP contribution is 2.37. The number of ether oxygens (including phenoxy) is 1. The monoisotopic (exact) mass is 267 g/mol. The van der Waals surface area contributed by atoms with Gasteiger partial charge in [-0.15, -0.1) is 0 Å². The normalized spacial score (nSPS) is 10.7. The number of nitrogens with two attached hydrogens (primary N) is 1. The number of nitrogens with zero attached hydrogens (tertiary/aromatic N) is 2. The van der Waals surface area contributed by atoms with E-state index in [9.17, 15) is 0 Å². The Labute approximate surface area is 110 Å². The van der Waals surface area contributed by atoms with Gasteiger partial charge in [0.25, 0.3) is 0 Å². The highest BCUT2D eigenvalue weighted by molar-refractivity contribution is 6.32. The van der Waals surface area contributed by atoms with Gasteiger partial charge in [-0.1, -0.05) is 16.8 Å². The number of aromatic nitrogens is 2. The number of halogens is 1. The van der Waals surface area contributed by atoms with Gasteiger partial charge < -0.3 is 15.0 Å². The molecule has 18 heavy (non-hydrogen) atoms. The van der Waals surface area contributed by atoms with Crippen molar-refractivity contribution in [3.05, 3.63) is 28.1 Å². The number of methoxy groups -OCH3 is 1. The van der Waals surface area contributed by atoms with Gasteiger partial charge in [0.1, 0.15) is 5.75 Å². The van der Waals surface area contributed by atoms with Crippen LogP contribution in [0.5, 0.6) is 5.75 Å². The lowest BCUT2D eigenvalue weighted by atomic mass is 10.0. The molecule has 2 N–H and O–H groups in total. The van der Waals surface area contributed by atoms with Crippen molar-refractivity contribution in [2.75, 3.05) is 7.11 Å². The number of hydrogen-bond acceptors (Lipinski definition) is 5. The summed E-state index contributed by atoms with van der Waals surface area (Å²) in [6.07, 6.45) is 0. The van der Waals surface area contributed by atoms with Gasteiger partial charge in [-0.3, -0.25) is 0 Å². The minimum absolute atomic E-state index is 0.202. The third kappa shape index (κ3) is 2.07. The van der Waals surface area contributed by atoms with Crippen LogP contribution in [0.2, 0.25) is 5.02 Å². The van der Waals surface area contributed by atoms with Gasteiger partial charge in [0.05, 0.1) is 19.2 Å². The summed E-state index contributed by atoms with van der Waals surface area (Å²) in [4.78, 5) is 4.20. The van der Waals surface area contributed by atoms with Crippen molar-refractivity contribution in [1.29, 1.82) is 0 Å². The molecule has 96 valence electrons.